The van der Waals surface area contributed by atoms with Gasteiger partial charge >= 0.3 is 11.9 Å². The highest BCUT2D eigenvalue weighted by Gasteiger charge is 2.30. The largest absolute Gasteiger partial charge is 0.466 e. The number of hydrogen-bond acceptors (Lipinski definition) is 10. The van der Waals surface area contributed by atoms with Crippen LogP contribution < -0.4 is 10.6 Å². The summed E-state index contributed by atoms with van der Waals surface area (Å²) in [5, 5.41) is 5.97. The van der Waals surface area contributed by atoms with Gasteiger partial charge in [-0.3, -0.25) is 19.2 Å². The van der Waals surface area contributed by atoms with Crippen LogP contribution in [0.3, 0.4) is 0 Å². The number of imidazole rings is 1. The van der Waals surface area contributed by atoms with Gasteiger partial charge in [0.1, 0.15) is 12.1 Å². The number of ether oxygens (including phenoxy) is 4. The van der Waals surface area contributed by atoms with Crippen LogP contribution in [0.1, 0.15) is 245 Å². The number of nitrogens with one attached hydrogen (secondary N) is 3. The van der Waals surface area contributed by atoms with E-state index in [1.54, 1.807) is 24.5 Å². The third-order valence-corrected chi connectivity index (χ3v) is 13.0. The van der Waals surface area contributed by atoms with Crippen molar-refractivity contribution < 1.29 is 38.1 Å². The van der Waals surface area contributed by atoms with Crippen molar-refractivity contribution in [3.8, 4) is 0 Å². The standard InChI is InChI=1S/C56H105N5O8/c1-6-8-10-12-14-16-18-20-22-24-26-28-30-32-34-38-54(63)68-42-36-40-66-52(46-57-4)53(47-61(5)56(65)51(60-49(3)62)44-50-45-58-48-59-50)67-41-37-43-69-55(64)39-35-33-31-29-27-25-23-21-19-17-15-13-11-9-7-2/h45,48,51-53,57H,6-44,46-47H2,1-5H3,(H,58,59)(H,60,62). The summed E-state index contributed by atoms with van der Waals surface area (Å²) in [6, 6.07) is -0.812. The first-order chi connectivity index (χ1) is 33.7. The van der Waals surface area contributed by atoms with Crippen molar-refractivity contribution >= 4 is 23.8 Å². The highest BCUT2D eigenvalue weighted by Crippen LogP contribution is 2.17. The summed E-state index contributed by atoms with van der Waals surface area (Å²) in [5.41, 5.74) is 0.657. The summed E-state index contributed by atoms with van der Waals surface area (Å²) in [5.74, 6) is -0.943. The average molecular weight is 976 g/mol. The maximum Gasteiger partial charge on any atom is 0.305 e. The number of amides is 2. The molecule has 2 amide bonds. The van der Waals surface area contributed by atoms with Gasteiger partial charge in [0.25, 0.3) is 0 Å². The van der Waals surface area contributed by atoms with Crippen molar-refractivity contribution in [3.63, 3.8) is 0 Å². The van der Waals surface area contributed by atoms with E-state index < -0.39 is 18.2 Å². The van der Waals surface area contributed by atoms with Crippen LogP contribution >= 0.6 is 0 Å². The van der Waals surface area contributed by atoms with E-state index in [4.69, 9.17) is 18.9 Å². The molecule has 1 aromatic rings. The number of rotatable bonds is 51. The van der Waals surface area contributed by atoms with E-state index in [0.717, 1.165) is 38.5 Å². The highest BCUT2D eigenvalue weighted by molar-refractivity contribution is 5.87. The molecule has 402 valence electrons. The fraction of sp³-hybridized carbons (Fsp3) is 0.875. The molecule has 0 aliphatic heterocycles. The molecule has 3 unspecified atom stereocenters. The number of aromatic nitrogens is 2. The average Bonchev–Trinajstić information content (AvgIpc) is 3.85. The Morgan fingerprint density at radius 1 is 0.565 bits per heavy atom. The van der Waals surface area contributed by atoms with Gasteiger partial charge in [0, 0.05) is 65.4 Å². The second kappa shape index (κ2) is 47.3. The molecule has 0 aliphatic rings. The Labute approximate surface area is 421 Å². The van der Waals surface area contributed by atoms with E-state index in [0.29, 0.717) is 51.1 Å². The lowest BCUT2D eigenvalue weighted by molar-refractivity contribution is -0.146. The number of hydrogen-bond donors (Lipinski definition) is 3. The molecule has 0 aliphatic carbocycles. The fourth-order valence-corrected chi connectivity index (χ4v) is 8.84. The first kappa shape index (κ1) is 64.0. The molecule has 69 heavy (non-hydrogen) atoms. The summed E-state index contributed by atoms with van der Waals surface area (Å²) in [6.45, 7) is 7.70. The van der Waals surface area contributed by atoms with Gasteiger partial charge in [0.15, 0.2) is 0 Å². The number of H-pyrrole nitrogens is 1. The molecule has 0 radical (unpaired) electrons. The number of carbonyl (C=O) groups is 4. The van der Waals surface area contributed by atoms with Gasteiger partial charge in [-0.1, -0.05) is 194 Å². The number of esters is 2. The van der Waals surface area contributed by atoms with Crippen LogP contribution in [0.15, 0.2) is 12.5 Å². The molecule has 1 heterocycles. The molecule has 3 N–H and O–H groups in total. The summed E-state index contributed by atoms with van der Waals surface area (Å²) < 4.78 is 23.8. The van der Waals surface area contributed by atoms with Gasteiger partial charge in [-0.25, -0.2) is 4.98 Å². The van der Waals surface area contributed by atoms with Gasteiger partial charge in [0.2, 0.25) is 11.8 Å². The van der Waals surface area contributed by atoms with Crippen LogP contribution in [0.4, 0.5) is 0 Å². The van der Waals surface area contributed by atoms with Gasteiger partial charge in [0.05, 0.1) is 44.6 Å². The van der Waals surface area contributed by atoms with Crippen molar-refractivity contribution in [2.45, 2.75) is 264 Å². The minimum atomic E-state index is -0.812. The minimum absolute atomic E-state index is 0.170. The lowest BCUT2D eigenvalue weighted by Crippen LogP contribution is -2.52. The topological polar surface area (TPSA) is 161 Å². The Morgan fingerprint density at radius 3 is 1.32 bits per heavy atom. The first-order valence-electron chi connectivity index (χ1n) is 28.4. The van der Waals surface area contributed by atoms with Crippen molar-refractivity contribution in [2.75, 3.05) is 53.6 Å². The molecular weight excluding hydrogens is 871 g/mol. The van der Waals surface area contributed by atoms with E-state index in [1.807, 2.05) is 7.05 Å². The molecule has 0 aromatic carbocycles. The Balaban J connectivity index is 2.47. The summed E-state index contributed by atoms with van der Waals surface area (Å²) in [7, 11) is 3.52. The molecular formula is C56H105N5O8. The number of nitrogens with zero attached hydrogens (tertiary/aromatic N) is 2. The summed E-state index contributed by atoms with van der Waals surface area (Å²) >= 11 is 0. The SMILES string of the molecule is CCCCCCCCCCCCCCCCCC(=O)OCCCOC(CNC)C(CN(C)C(=O)C(Cc1c[nH]cn1)NC(C)=O)OCCCOC(=O)CCCCCCCCCCCCCCCCC. The second-order valence-electron chi connectivity index (χ2n) is 19.7. The van der Waals surface area contributed by atoms with Crippen molar-refractivity contribution in [1.82, 2.24) is 25.5 Å². The molecule has 0 saturated heterocycles. The van der Waals surface area contributed by atoms with E-state index in [2.05, 4.69) is 34.4 Å². The summed E-state index contributed by atoms with van der Waals surface area (Å²) in [4.78, 5) is 59.6. The third kappa shape index (κ3) is 39.3. The van der Waals surface area contributed by atoms with Crippen LogP contribution in [0.5, 0.6) is 0 Å². The second-order valence-corrected chi connectivity index (χ2v) is 19.7. The van der Waals surface area contributed by atoms with E-state index in [-0.39, 0.29) is 49.9 Å². The van der Waals surface area contributed by atoms with E-state index >= 15 is 0 Å². The maximum absolute atomic E-state index is 13.8. The third-order valence-electron chi connectivity index (χ3n) is 13.0. The first-order valence-corrected chi connectivity index (χ1v) is 28.4. The van der Waals surface area contributed by atoms with Crippen LogP contribution in [0.2, 0.25) is 0 Å². The monoisotopic (exact) mass is 976 g/mol. The molecule has 13 heteroatoms. The Morgan fingerprint density at radius 2 is 0.957 bits per heavy atom. The zero-order chi connectivity index (χ0) is 50.3. The lowest BCUT2D eigenvalue weighted by atomic mass is 10.0. The van der Waals surface area contributed by atoms with Gasteiger partial charge in [-0.2, -0.15) is 0 Å². The van der Waals surface area contributed by atoms with Crippen LogP contribution in [0.25, 0.3) is 0 Å². The van der Waals surface area contributed by atoms with E-state index in [1.165, 1.54) is 161 Å². The molecule has 13 nitrogen and oxygen atoms in total. The zero-order valence-electron chi connectivity index (χ0n) is 45.0. The molecule has 0 spiro atoms. The molecule has 1 aromatic heterocycles. The van der Waals surface area contributed by atoms with Crippen molar-refractivity contribution in [3.05, 3.63) is 18.2 Å². The van der Waals surface area contributed by atoms with Gasteiger partial charge in [-0.05, 0) is 19.9 Å². The maximum atomic E-state index is 13.8. The predicted octanol–water partition coefficient (Wildman–Crippen LogP) is 12.3. The minimum Gasteiger partial charge on any atom is -0.466 e. The number of likely N-dealkylation sites (N-methyl/N-ethyl adjacent to an activating group) is 2. The number of unbranched alkanes of at least 4 members (excludes halogenated alkanes) is 28. The zero-order valence-corrected chi connectivity index (χ0v) is 45.0. The van der Waals surface area contributed by atoms with Crippen molar-refractivity contribution in [2.24, 2.45) is 0 Å². The van der Waals surface area contributed by atoms with Crippen LogP contribution in [-0.4, -0.2) is 110 Å². The predicted molar refractivity (Wildman–Crippen MR) is 281 cm³/mol. The van der Waals surface area contributed by atoms with Gasteiger partial charge in [-0.15, -0.1) is 0 Å². The fourth-order valence-electron chi connectivity index (χ4n) is 8.84. The molecule has 3 atom stereocenters. The molecule has 0 saturated carbocycles. The number of carbonyl (C=O) groups excluding carboxylic acids is 4. The highest BCUT2D eigenvalue weighted by atomic mass is 16.6. The Bertz CT molecular complexity index is 1330. The van der Waals surface area contributed by atoms with Gasteiger partial charge < -0.3 is 39.5 Å². The smallest absolute Gasteiger partial charge is 0.305 e. The van der Waals surface area contributed by atoms with Crippen LogP contribution in [-0.2, 0) is 44.5 Å². The molecule has 1 rings (SSSR count). The normalized spacial score (nSPS) is 12.7. The quantitative estimate of drug-likeness (QED) is 0.0423. The lowest BCUT2D eigenvalue weighted by Gasteiger charge is -2.32. The van der Waals surface area contributed by atoms with E-state index in [9.17, 15) is 19.2 Å². The Kier molecular flexibility index (Phi) is 43.9. The Hall–Kier alpha value is -3.03. The van der Waals surface area contributed by atoms with Crippen LogP contribution in [0, 0.1) is 0 Å². The van der Waals surface area contributed by atoms with Crippen molar-refractivity contribution in [1.29, 1.82) is 0 Å². The number of aromatic amines is 1. The summed E-state index contributed by atoms with van der Waals surface area (Å²) in [6.07, 6.45) is 42.8. The molecule has 0 bridgehead atoms. The molecule has 0 fully saturated rings.